The van der Waals surface area contributed by atoms with Crippen molar-refractivity contribution in [2.24, 2.45) is 0 Å². The van der Waals surface area contributed by atoms with E-state index < -0.39 is 11.0 Å². The molecule has 9 heteroatoms. The molecule has 0 aliphatic carbocycles. The van der Waals surface area contributed by atoms with Gasteiger partial charge in [-0.1, -0.05) is 18.2 Å². The van der Waals surface area contributed by atoms with E-state index in [1.54, 1.807) is 43.5 Å². The molecule has 0 bridgehead atoms. The van der Waals surface area contributed by atoms with Gasteiger partial charge in [-0.05, 0) is 67.2 Å². The van der Waals surface area contributed by atoms with Crippen molar-refractivity contribution < 1.29 is 13.7 Å². The predicted octanol–water partition coefficient (Wildman–Crippen LogP) is 5.87. The van der Waals surface area contributed by atoms with Gasteiger partial charge in [0.2, 0.25) is 0 Å². The van der Waals surface area contributed by atoms with Crippen LogP contribution < -0.4 is 10.2 Å². The Balaban J connectivity index is 1.60. The smallest absolute Gasteiger partial charge is 0.270 e. The van der Waals surface area contributed by atoms with E-state index in [-0.39, 0.29) is 17.5 Å². The predicted molar refractivity (Wildman–Crippen MR) is 130 cm³/mol. The second-order valence-electron chi connectivity index (χ2n) is 7.94. The molecule has 3 heterocycles. The highest BCUT2D eigenvalue weighted by Crippen LogP contribution is 2.43. The summed E-state index contributed by atoms with van der Waals surface area (Å²) in [7, 11) is 0. The third kappa shape index (κ3) is 3.90. The molecule has 2 atom stereocenters. The summed E-state index contributed by atoms with van der Waals surface area (Å²) in [6.45, 7) is 1.70. The van der Waals surface area contributed by atoms with E-state index in [1.165, 1.54) is 18.2 Å². The second kappa shape index (κ2) is 8.68. The third-order valence-electron chi connectivity index (χ3n) is 5.78. The summed E-state index contributed by atoms with van der Waals surface area (Å²) in [6.07, 6.45) is 1.71. The van der Waals surface area contributed by atoms with Gasteiger partial charge in [0.05, 0.1) is 16.7 Å². The number of nitro benzene ring substituents is 1. The number of thiocarbonyl (C=S) groups is 1. The van der Waals surface area contributed by atoms with Crippen LogP contribution in [0.3, 0.4) is 0 Å². The first kappa shape index (κ1) is 21.7. The normalized spacial score (nSPS) is 17.6. The fraction of sp³-hybridized carbons (Fsp3) is 0.120. The molecule has 7 nitrogen and oxygen atoms in total. The number of nitrogens with zero attached hydrogens (tertiary/aromatic N) is 3. The lowest BCUT2D eigenvalue weighted by molar-refractivity contribution is -0.384. The number of furan rings is 1. The number of nitro groups is 1. The number of nitrogens with one attached hydrogen (secondary N) is 1. The number of rotatable bonds is 5. The molecule has 1 N–H and O–H groups in total. The lowest BCUT2D eigenvalue weighted by Crippen LogP contribution is -2.29. The fourth-order valence-electron chi connectivity index (χ4n) is 4.14. The van der Waals surface area contributed by atoms with Crippen LogP contribution in [0.4, 0.5) is 15.8 Å². The van der Waals surface area contributed by atoms with Gasteiger partial charge in [0.1, 0.15) is 23.4 Å². The molecule has 0 spiro atoms. The molecule has 5 rings (SSSR count). The number of hydrogen-bond donors (Lipinski definition) is 1. The molecule has 1 aliphatic rings. The lowest BCUT2D eigenvalue weighted by Gasteiger charge is -2.26. The van der Waals surface area contributed by atoms with Gasteiger partial charge < -0.3 is 14.6 Å². The van der Waals surface area contributed by atoms with Gasteiger partial charge in [0.15, 0.2) is 5.11 Å². The Morgan fingerprint density at radius 3 is 2.71 bits per heavy atom. The number of aryl methyl sites for hydroxylation is 1. The molecule has 2 aromatic carbocycles. The van der Waals surface area contributed by atoms with Crippen LogP contribution >= 0.6 is 12.2 Å². The molecular formula is C25H19FN4O3S. The summed E-state index contributed by atoms with van der Waals surface area (Å²) in [5.41, 5.74) is 2.55. The summed E-state index contributed by atoms with van der Waals surface area (Å²) >= 11 is 5.68. The summed E-state index contributed by atoms with van der Waals surface area (Å²) < 4.78 is 20.2. The molecule has 0 amide bonds. The Morgan fingerprint density at radius 2 is 1.97 bits per heavy atom. The van der Waals surface area contributed by atoms with Gasteiger partial charge in [-0.2, -0.15) is 0 Å². The number of halogens is 1. The Bertz CT molecular complexity index is 1390. The zero-order valence-electron chi connectivity index (χ0n) is 18.0. The van der Waals surface area contributed by atoms with Crippen LogP contribution in [0.1, 0.15) is 29.1 Å². The number of anilines is 1. The minimum absolute atomic E-state index is 0.0195. The van der Waals surface area contributed by atoms with Gasteiger partial charge in [-0.25, -0.2) is 4.39 Å². The highest BCUT2D eigenvalue weighted by atomic mass is 32.1. The van der Waals surface area contributed by atoms with E-state index in [1.807, 2.05) is 29.2 Å². The van der Waals surface area contributed by atoms with Gasteiger partial charge in [-0.15, -0.1) is 0 Å². The number of aromatic nitrogens is 1. The van der Waals surface area contributed by atoms with Gasteiger partial charge >= 0.3 is 0 Å². The Morgan fingerprint density at radius 1 is 1.12 bits per heavy atom. The summed E-state index contributed by atoms with van der Waals surface area (Å²) in [4.78, 5) is 17.1. The van der Waals surface area contributed by atoms with E-state index in [9.17, 15) is 14.5 Å². The Hall–Kier alpha value is -4.11. The van der Waals surface area contributed by atoms with E-state index >= 15 is 0 Å². The Kier molecular flexibility index (Phi) is 5.54. The molecule has 2 aromatic heterocycles. The van der Waals surface area contributed by atoms with Crippen molar-refractivity contribution in [3.63, 3.8) is 0 Å². The second-order valence-corrected chi connectivity index (χ2v) is 8.33. The van der Waals surface area contributed by atoms with E-state index in [4.69, 9.17) is 16.6 Å². The average Bonchev–Trinajstić information content (AvgIpc) is 3.46. The summed E-state index contributed by atoms with van der Waals surface area (Å²) in [6, 6.07) is 19.6. The highest BCUT2D eigenvalue weighted by Gasteiger charge is 2.42. The minimum atomic E-state index is -0.442. The van der Waals surface area contributed by atoms with Crippen LogP contribution in [-0.4, -0.2) is 15.0 Å². The Labute approximate surface area is 200 Å². The highest BCUT2D eigenvalue weighted by molar-refractivity contribution is 7.80. The zero-order chi connectivity index (χ0) is 23.8. The lowest BCUT2D eigenvalue weighted by atomic mass is 10.0. The van der Waals surface area contributed by atoms with Crippen LogP contribution in [0, 0.1) is 22.9 Å². The number of benzene rings is 2. The average molecular weight is 475 g/mol. The van der Waals surface area contributed by atoms with Crippen molar-refractivity contribution in [1.29, 1.82) is 0 Å². The van der Waals surface area contributed by atoms with E-state index in [0.29, 0.717) is 33.4 Å². The van der Waals surface area contributed by atoms with Gasteiger partial charge in [0, 0.05) is 29.6 Å². The topological polar surface area (TPSA) is 84.4 Å². The van der Waals surface area contributed by atoms with Crippen LogP contribution in [0.15, 0.2) is 83.4 Å². The van der Waals surface area contributed by atoms with Crippen molar-refractivity contribution >= 4 is 28.7 Å². The van der Waals surface area contributed by atoms with Crippen molar-refractivity contribution in [3.05, 3.63) is 112 Å². The largest absolute Gasteiger partial charge is 0.459 e. The molecule has 1 saturated heterocycles. The van der Waals surface area contributed by atoms with Crippen molar-refractivity contribution in [3.8, 4) is 11.3 Å². The van der Waals surface area contributed by atoms with Crippen LogP contribution in [0.25, 0.3) is 11.3 Å². The maximum Gasteiger partial charge on any atom is 0.270 e. The number of hydrogen-bond acceptors (Lipinski definition) is 5. The van der Waals surface area contributed by atoms with E-state index in [0.717, 1.165) is 5.69 Å². The zero-order valence-corrected chi connectivity index (χ0v) is 18.8. The molecule has 1 aliphatic heterocycles. The van der Waals surface area contributed by atoms with Crippen LogP contribution in [0.5, 0.6) is 0 Å². The third-order valence-corrected chi connectivity index (χ3v) is 6.09. The summed E-state index contributed by atoms with van der Waals surface area (Å²) in [5, 5.41) is 15.0. The molecule has 1 fully saturated rings. The molecule has 4 aromatic rings. The first-order chi connectivity index (χ1) is 16.4. The quantitative estimate of drug-likeness (QED) is 0.220. The molecule has 0 saturated carbocycles. The fourth-order valence-corrected chi connectivity index (χ4v) is 4.49. The van der Waals surface area contributed by atoms with E-state index in [2.05, 4.69) is 10.3 Å². The van der Waals surface area contributed by atoms with Gasteiger partial charge in [-0.3, -0.25) is 15.1 Å². The van der Waals surface area contributed by atoms with Gasteiger partial charge in [0.25, 0.3) is 5.69 Å². The SMILES string of the molecule is Cc1cc(N2C(=S)N[C@@H](c3ccccn3)[C@@H]2c2ccc(-c3cccc([N+](=O)[O-])c3)o2)ccc1F. The van der Waals surface area contributed by atoms with Crippen LogP contribution in [-0.2, 0) is 0 Å². The summed E-state index contributed by atoms with van der Waals surface area (Å²) in [5.74, 6) is 0.781. The van der Waals surface area contributed by atoms with Crippen molar-refractivity contribution in [2.45, 2.75) is 19.0 Å². The maximum absolute atomic E-state index is 14.0. The first-order valence-electron chi connectivity index (χ1n) is 10.5. The monoisotopic (exact) mass is 474 g/mol. The molecule has 34 heavy (non-hydrogen) atoms. The standard InChI is InChI=1S/C25H19FN4O3S/c1-15-13-17(8-9-19(15)26)29-24(23(28-25(29)34)20-7-2-3-12-27-20)22-11-10-21(33-22)16-5-4-6-18(14-16)30(31)32/h2-14,23-24H,1H3,(H,28,34)/t23-,24-/m0/s1. The van der Waals surface area contributed by atoms with Crippen molar-refractivity contribution in [2.75, 3.05) is 4.90 Å². The molecule has 0 radical (unpaired) electrons. The number of non-ortho nitro benzene ring substituents is 1. The van der Waals surface area contributed by atoms with Crippen LogP contribution in [0.2, 0.25) is 0 Å². The molecule has 0 unspecified atom stereocenters. The van der Waals surface area contributed by atoms with Crippen molar-refractivity contribution in [1.82, 2.24) is 10.3 Å². The number of pyridine rings is 1. The molecular weight excluding hydrogens is 455 g/mol. The minimum Gasteiger partial charge on any atom is -0.459 e. The molecule has 170 valence electrons. The maximum atomic E-state index is 14.0. The first-order valence-corrected chi connectivity index (χ1v) is 10.9.